The van der Waals surface area contributed by atoms with E-state index in [1.54, 1.807) is 31.4 Å². The van der Waals surface area contributed by atoms with Gasteiger partial charge in [-0.3, -0.25) is 4.79 Å². The molecule has 186 valence electrons. The molecule has 0 radical (unpaired) electrons. The summed E-state index contributed by atoms with van der Waals surface area (Å²) in [6, 6.07) is 7.13. The van der Waals surface area contributed by atoms with Crippen molar-refractivity contribution in [3.63, 3.8) is 0 Å². The smallest absolute Gasteiger partial charge is 0.345 e. The minimum atomic E-state index is -0.879. The van der Waals surface area contributed by atoms with E-state index in [9.17, 15) is 9.59 Å². The van der Waals surface area contributed by atoms with Gasteiger partial charge in [-0.2, -0.15) is 0 Å². The number of terminal acetylenes is 1. The van der Waals surface area contributed by atoms with Crippen molar-refractivity contribution in [2.24, 2.45) is 29.1 Å². The average molecular weight is 477 g/mol. The number of hydrogen-bond acceptors (Lipinski definition) is 5. The number of rotatable bonds is 6. The Bertz CT molecular complexity index is 1050. The molecule has 4 aliphatic carbocycles. The van der Waals surface area contributed by atoms with Crippen molar-refractivity contribution in [2.75, 3.05) is 13.7 Å². The maximum atomic E-state index is 13.0. The van der Waals surface area contributed by atoms with Gasteiger partial charge in [0.1, 0.15) is 11.5 Å². The van der Waals surface area contributed by atoms with Gasteiger partial charge in [-0.1, -0.05) is 18.4 Å². The molecule has 3 fully saturated rings. The predicted octanol–water partition coefficient (Wildman–Crippen LogP) is 5.52. The Labute approximate surface area is 208 Å². The molecule has 5 heteroatoms. The van der Waals surface area contributed by atoms with E-state index in [1.165, 1.54) is 5.57 Å². The van der Waals surface area contributed by atoms with Gasteiger partial charge in [0.25, 0.3) is 0 Å². The van der Waals surface area contributed by atoms with E-state index in [2.05, 4.69) is 12.8 Å². The molecule has 0 spiro atoms. The van der Waals surface area contributed by atoms with Gasteiger partial charge in [0, 0.05) is 11.8 Å². The van der Waals surface area contributed by atoms with Crippen molar-refractivity contribution >= 4 is 11.8 Å². The van der Waals surface area contributed by atoms with Gasteiger partial charge in [0.2, 0.25) is 0 Å². The summed E-state index contributed by atoms with van der Waals surface area (Å²) < 4.78 is 17.1. The van der Waals surface area contributed by atoms with Crippen molar-refractivity contribution in [1.82, 2.24) is 0 Å². The maximum Gasteiger partial charge on any atom is 0.345 e. The molecule has 0 N–H and O–H groups in total. The first-order valence-electron chi connectivity index (χ1n) is 13.1. The van der Waals surface area contributed by atoms with Gasteiger partial charge >= 0.3 is 5.97 Å². The topological polar surface area (TPSA) is 61.8 Å². The fraction of sp³-hybridized carbons (Fsp3) is 0.600. The van der Waals surface area contributed by atoms with Crippen LogP contribution >= 0.6 is 0 Å². The summed E-state index contributed by atoms with van der Waals surface area (Å²) in [7, 11) is 1.61. The highest BCUT2D eigenvalue weighted by molar-refractivity contribution is 5.91. The zero-order chi connectivity index (χ0) is 24.6. The van der Waals surface area contributed by atoms with Crippen LogP contribution in [0.2, 0.25) is 0 Å². The van der Waals surface area contributed by atoms with E-state index in [0.717, 1.165) is 50.7 Å². The molecule has 5 nitrogen and oxygen atoms in total. The minimum Gasteiger partial charge on any atom is -0.497 e. The highest BCUT2D eigenvalue weighted by atomic mass is 16.6. The number of allylic oxidation sites excluding steroid dienone is 1. The Morgan fingerprint density at radius 2 is 1.83 bits per heavy atom. The summed E-state index contributed by atoms with van der Waals surface area (Å²) in [6.07, 6.45) is 16.6. The predicted molar refractivity (Wildman–Crippen MR) is 133 cm³/mol. The van der Waals surface area contributed by atoms with E-state index < -0.39 is 11.6 Å². The lowest BCUT2D eigenvalue weighted by atomic mass is 9.49. The molecule has 0 aliphatic heterocycles. The SMILES string of the molecule is C#C[C@]1(OC(=O)COc2ccc(OC)cc2)CCC2C3CCC4=CC(=O)CCC4C3CCC21CC. The van der Waals surface area contributed by atoms with Gasteiger partial charge in [-0.05, 0) is 105 Å². The molecule has 6 atom stereocenters. The molecule has 0 aromatic heterocycles. The van der Waals surface area contributed by atoms with Crippen LogP contribution in [0.4, 0.5) is 0 Å². The summed E-state index contributed by atoms with van der Waals surface area (Å²) in [5, 5.41) is 0. The largest absolute Gasteiger partial charge is 0.497 e. The molecule has 1 aromatic rings. The number of methoxy groups -OCH3 is 1. The van der Waals surface area contributed by atoms with Crippen LogP contribution in [0.25, 0.3) is 0 Å². The first-order chi connectivity index (χ1) is 16.9. The highest BCUT2D eigenvalue weighted by Gasteiger charge is 2.65. The van der Waals surface area contributed by atoms with Crippen molar-refractivity contribution in [3.05, 3.63) is 35.9 Å². The zero-order valence-electron chi connectivity index (χ0n) is 20.9. The zero-order valence-corrected chi connectivity index (χ0v) is 20.9. The Hall–Kier alpha value is -2.74. The standard InChI is InChI=1S/C30H36O5/c1-4-29-16-14-25-24-13-7-21(31)18-20(24)6-12-26(25)27(29)15-17-30(29,5-2)35-28(32)19-34-23-10-8-22(33-3)9-11-23/h2,8-11,18,24-27H,4,6-7,12-17,19H2,1,3H3/t24?,25?,26?,27?,29?,30-/m0/s1. The lowest BCUT2D eigenvalue weighted by Crippen LogP contribution is -2.55. The number of benzene rings is 1. The van der Waals surface area contributed by atoms with Crippen LogP contribution in [0.5, 0.6) is 11.5 Å². The fourth-order valence-electron chi connectivity index (χ4n) is 8.16. The van der Waals surface area contributed by atoms with Gasteiger partial charge in [0.15, 0.2) is 18.0 Å². The normalized spacial score (nSPS) is 35.6. The Balaban J connectivity index is 1.31. The molecule has 3 saturated carbocycles. The van der Waals surface area contributed by atoms with Gasteiger partial charge in [0.05, 0.1) is 7.11 Å². The molecule has 35 heavy (non-hydrogen) atoms. The number of ether oxygens (including phenoxy) is 3. The molecule has 5 unspecified atom stereocenters. The van der Waals surface area contributed by atoms with E-state index in [1.807, 2.05) is 6.08 Å². The van der Waals surface area contributed by atoms with Crippen LogP contribution in [0.3, 0.4) is 0 Å². The van der Waals surface area contributed by atoms with Crippen LogP contribution in [-0.4, -0.2) is 31.1 Å². The molecular formula is C30H36O5. The number of ketones is 1. The van der Waals surface area contributed by atoms with E-state index >= 15 is 0 Å². The Morgan fingerprint density at radius 3 is 2.54 bits per heavy atom. The van der Waals surface area contributed by atoms with E-state index in [4.69, 9.17) is 20.6 Å². The molecule has 5 rings (SSSR count). The lowest BCUT2D eigenvalue weighted by molar-refractivity contribution is -0.175. The van der Waals surface area contributed by atoms with Crippen LogP contribution in [-0.2, 0) is 14.3 Å². The number of fused-ring (bicyclic) bond motifs is 5. The molecule has 0 heterocycles. The molecule has 4 aliphatic rings. The third kappa shape index (κ3) is 3.96. The second kappa shape index (κ2) is 9.37. The first kappa shape index (κ1) is 24.0. The second-order valence-electron chi connectivity index (χ2n) is 10.8. The van der Waals surface area contributed by atoms with Crippen molar-refractivity contribution < 1.29 is 23.8 Å². The van der Waals surface area contributed by atoms with Crippen LogP contribution in [0, 0.1) is 41.4 Å². The van der Waals surface area contributed by atoms with Gasteiger partial charge in [-0.15, -0.1) is 6.42 Å². The van der Waals surface area contributed by atoms with Crippen molar-refractivity contribution in [2.45, 2.75) is 70.3 Å². The molecular weight excluding hydrogens is 440 g/mol. The summed E-state index contributed by atoms with van der Waals surface area (Å²) in [4.78, 5) is 25.0. The van der Waals surface area contributed by atoms with E-state index in [-0.39, 0.29) is 12.0 Å². The molecule has 0 saturated heterocycles. The maximum absolute atomic E-state index is 13.0. The fourth-order valence-corrected chi connectivity index (χ4v) is 8.16. The van der Waals surface area contributed by atoms with Crippen LogP contribution in [0.15, 0.2) is 35.9 Å². The Kier molecular flexibility index (Phi) is 6.42. The number of carbonyl (C=O) groups is 2. The molecule has 0 bridgehead atoms. The summed E-state index contributed by atoms with van der Waals surface area (Å²) >= 11 is 0. The Morgan fingerprint density at radius 1 is 1.06 bits per heavy atom. The minimum absolute atomic E-state index is 0.170. The number of hydrogen-bond donors (Lipinski definition) is 0. The summed E-state index contributed by atoms with van der Waals surface area (Å²) in [6.45, 7) is 2.04. The quantitative estimate of drug-likeness (QED) is 0.400. The van der Waals surface area contributed by atoms with Crippen LogP contribution in [0.1, 0.15) is 64.7 Å². The first-order valence-corrected chi connectivity index (χ1v) is 13.1. The number of esters is 1. The average Bonchev–Trinajstić information content (AvgIpc) is 3.22. The number of carbonyl (C=O) groups excluding carboxylic acids is 2. The monoisotopic (exact) mass is 476 g/mol. The van der Waals surface area contributed by atoms with E-state index in [0.29, 0.717) is 48.0 Å². The van der Waals surface area contributed by atoms with Gasteiger partial charge < -0.3 is 14.2 Å². The van der Waals surface area contributed by atoms with Crippen molar-refractivity contribution in [3.8, 4) is 23.8 Å². The van der Waals surface area contributed by atoms with Crippen molar-refractivity contribution in [1.29, 1.82) is 0 Å². The van der Waals surface area contributed by atoms with Crippen LogP contribution < -0.4 is 9.47 Å². The second-order valence-corrected chi connectivity index (χ2v) is 10.8. The molecule has 0 amide bonds. The highest BCUT2D eigenvalue weighted by Crippen LogP contribution is 2.67. The van der Waals surface area contributed by atoms with Gasteiger partial charge in [-0.25, -0.2) is 4.79 Å². The summed E-state index contributed by atoms with van der Waals surface area (Å²) in [5.74, 6) is 6.41. The third-order valence-electron chi connectivity index (χ3n) is 9.69. The molecule has 1 aromatic carbocycles. The lowest BCUT2D eigenvalue weighted by Gasteiger charge is -2.56. The third-order valence-corrected chi connectivity index (χ3v) is 9.69. The summed E-state index contributed by atoms with van der Waals surface area (Å²) in [5.41, 5.74) is 0.315.